The molecule has 0 radical (unpaired) electrons. The van der Waals surface area contributed by atoms with E-state index in [0.29, 0.717) is 19.0 Å². The number of likely N-dealkylation sites (tertiary alicyclic amines) is 2. The van der Waals surface area contributed by atoms with Crippen molar-refractivity contribution in [3.05, 3.63) is 29.3 Å². The maximum atomic E-state index is 13.3. The first kappa shape index (κ1) is 20.2. The lowest BCUT2D eigenvalue weighted by Gasteiger charge is -2.32. The molecule has 5 heteroatoms. The van der Waals surface area contributed by atoms with Crippen molar-refractivity contribution in [2.75, 3.05) is 20.2 Å². The number of ether oxygens (including phenoxy) is 1. The molecular weight excluding hydrogens is 364 g/mol. The van der Waals surface area contributed by atoms with E-state index in [2.05, 4.69) is 24.0 Å². The van der Waals surface area contributed by atoms with Gasteiger partial charge in [-0.05, 0) is 56.2 Å². The molecule has 1 aliphatic carbocycles. The number of hydrogen-bond acceptors (Lipinski definition) is 3. The quantitative estimate of drug-likeness (QED) is 0.760. The van der Waals surface area contributed by atoms with E-state index in [1.807, 2.05) is 11.0 Å². The number of carbonyl (C=O) groups excluding carboxylic acids is 2. The van der Waals surface area contributed by atoms with Crippen LogP contribution in [0.25, 0.3) is 0 Å². The number of carbonyl (C=O) groups is 2. The number of rotatable bonds is 5. The number of amides is 2. The molecule has 1 aromatic carbocycles. The van der Waals surface area contributed by atoms with E-state index in [4.69, 9.17) is 4.74 Å². The second kappa shape index (κ2) is 8.76. The second-order valence-corrected chi connectivity index (χ2v) is 9.07. The summed E-state index contributed by atoms with van der Waals surface area (Å²) in [6, 6.07) is 6.91. The average Bonchev–Trinajstić information content (AvgIpc) is 3.35. The first-order valence-electron chi connectivity index (χ1n) is 11.3. The summed E-state index contributed by atoms with van der Waals surface area (Å²) < 4.78 is 5.37. The maximum Gasteiger partial charge on any atom is 0.228 e. The molecule has 2 saturated heterocycles. The third kappa shape index (κ3) is 4.29. The van der Waals surface area contributed by atoms with E-state index in [0.717, 1.165) is 50.0 Å². The van der Waals surface area contributed by atoms with Gasteiger partial charge in [-0.3, -0.25) is 9.59 Å². The Morgan fingerprint density at radius 3 is 2.66 bits per heavy atom. The van der Waals surface area contributed by atoms with Crippen LogP contribution < -0.4 is 4.74 Å². The van der Waals surface area contributed by atoms with Crippen molar-refractivity contribution in [1.29, 1.82) is 0 Å². The van der Waals surface area contributed by atoms with Crippen LogP contribution in [0.2, 0.25) is 0 Å². The van der Waals surface area contributed by atoms with Gasteiger partial charge in [-0.1, -0.05) is 31.4 Å². The standard InChI is InChI=1S/C24H34N2O3/c1-17-13-18(10-11-22(17)29-2)14-21-9-6-12-25(21)24(28)19-15-23(27)26(16-19)20-7-4-3-5-8-20/h10-11,13,19-21H,3-9,12,14-16H2,1-2H3. The molecule has 2 aliphatic heterocycles. The molecule has 0 spiro atoms. The van der Waals surface area contributed by atoms with Gasteiger partial charge in [0.25, 0.3) is 0 Å². The van der Waals surface area contributed by atoms with Gasteiger partial charge in [0.15, 0.2) is 0 Å². The van der Waals surface area contributed by atoms with Gasteiger partial charge in [0.05, 0.1) is 13.0 Å². The summed E-state index contributed by atoms with van der Waals surface area (Å²) in [5.41, 5.74) is 2.38. The van der Waals surface area contributed by atoms with Crippen molar-refractivity contribution in [2.24, 2.45) is 5.92 Å². The van der Waals surface area contributed by atoms with Gasteiger partial charge in [-0.15, -0.1) is 0 Å². The summed E-state index contributed by atoms with van der Waals surface area (Å²) in [7, 11) is 1.69. The molecule has 2 atom stereocenters. The topological polar surface area (TPSA) is 49.9 Å². The molecule has 4 rings (SSSR count). The average molecular weight is 399 g/mol. The van der Waals surface area contributed by atoms with Crippen LogP contribution in [0, 0.1) is 12.8 Å². The number of aryl methyl sites for hydroxylation is 1. The first-order valence-corrected chi connectivity index (χ1v) is 11.3. The van der Waals surface area contributed by atoms with Crippen LogP contribution in [-0.4, -0.2) is 53.9 Å². The van der Waals surface area contributed by atoms with Gasteiger partial charge >= 0.3 is 0 Å². The molecule has 2 unspecified atom stereocenters. The zero-order valence-corrected chi connectivity index (χ0v) is 17.9. The van der Waals surface area contributed by atoms with Crippen LogP contribution in [-0.2, 0) is 16.0 Å². The molecule has 0 aromatic heterocycles. The second-order valence-electron chi connectivity index (χ2n) is 9.07. The normalized spacial score (nSPS) is 25.7. The zero-order chi connectivity index (χ0) is 20.4. The predicted molar refractivity (Wildman–Crippen MR) is 113 cm³/mol. The monoisotopic (exact) mass is 398 g/mol. The van der Waals surface area contributed by atoms with Gasteiger partial charge in [0.2, 0.25) is 11.8 Å². The lowest BCUT2D eigenvalue weighted by molar-refractivity contribution is -0.136. The summed E-state index contributed by atoms with van der Waals surface area (Å²) in [4.78, 5) is 30.0. The maximum absolute atomic E-state index is 13.3. The fourth-order valence-corrected chi connectivity index (χ4v) is 5.55. The zero-order valence-electron chi connectivity index (χ0n) is 17.9. The Labute approximate surface area is 174 Å². The Hall–Kier alpha value is -2.04. The van der Waals surface area contributed by atoms with E-state index in [1.54, 1.807) is 7.11 Å². The molecule has 5 nitrogen and oxygen atoms in total. The van der Waals surface area contributed by atoms with Crippen LogP contribution in [0.1, 0.15) is 62.5 Å². The van der Waals surface area contributed by atoms with Crippen LogP contribution in [0.3, 0.4) is 0 Å². The predicted octanol–water partition coefficient (Wildman–Crippen LogP) is 3.72. The SMILES string of the molecule is COc1ccc(CC2CCCN2C(=O)C2CC(=O)N(C3CCCCC3)C2)cc1C. The minimum absolute atomic E-state index is 0.150. The van der Waals surface area contributed by atoms with E-state index < -0.39 is 0 Å². The lowest BCUT2D eigenvalue weighted by Crippen LogP contribution is -2.42. The van der Waals surface area contributed by atoms with E-state index in [-0.39, 0.29) is 23.8 Å². The van der Waals surface area contributed by atoms with Crippen LogP contribution in [0.5, 0.6) is 5.75 Å². The fourth-order valence-electron chi connectivity index (χ4n) is 5.55. The Kier molecular flexibility index (Phi) is 6.12. The van der Waals surface area contributed by atoms with Crippen molar-refractivity contribution in [1.82, 2.24) is 9.80 Å². The van der Waals surface area contributed by atoms with Crippen molar-refractivity contribution in [3.63, 3.8) is 0 Å². The third-order valence-corrected chi connectivity index (χ3v) is 7.11. The summed E-state index contributed by atoms with van der Waals surface area (Å²) >= 11 is 0. The lowest BCUT2D eigenvalue weighted by atomic mass is 9.94. The van der Waals surface area contributed by atoms with Crippen molar-refractivity contribution < 1.29 is 14.3 Å². The Balaban J connectivity index is 1.40. The molecule has 29 heavy (non-hydrogen) atoms. The van der Waals surface area contributed by atoms with Gasteiger partial charge < -0.3 is 14.5 Å². The number of benzene rings is 1. The first-order chi connectivity index (χ1) is 14.1. The van der Waals surface area contributed by atoms with Crippen molar-refractivity contribution in [3.8, 4) is 5.75 Å². The van der Waals surface area contributed by atoms with E-state index in [9.17, 15) is 9.59 Å². The minimum atomic E-state index is -0.150. The summed E-state index contributed by atoms with van der Waals surface area (Å²) in [5.74, 6) is 1.14. The summed E-state index contributed by atoms with van der Waals surface area (Å²) in [6.45, 7) is 3.52. The highest BCUT2D eigenvalue weighted by atomic mass is 16.5. The molecule has 3 fully saturated rings. The van der Waals surface area contributed by atoms with Crippen LogP contribution >= 0.6 is 0 Å². The highest BCUT2D eigenvalue weighted by Gasteiger charge is 2.41. The summed E-state index contributed by atoms with van der Waals surface area (Å²) in [5, 5.41) is 0. The highest BCUT2D eigenvalue weighted by Crippen LogP contribution is 2.32. The molecule has 2 amide bonds. The third-order valence-electron chi connectivity index (χ3n) is 7.11. The highest BCUT2D eigenvalue weighted by molar-refractivity contribution is 5.89. The molecule has 1 aromatic rings. The van der Waals surface area contributed by atoms with E-state index >= 15 is 0 Å². The van der Waals surface area contributed by atoms with Crippen LogP contribution in [0.15, 0.2) is 18.2 Å². The molecule has 1 saturated carbocycles. The molecule has 3 aliphatic rings. The minimum Gasteiger partial charge on any atom is -0.496 e. The molecule has 2 heterocycles. The van der Waals surface area contributed by atoms with Gasteiger partial charge in [0.1, 0.15) is 5.75 Å². The largest absolute Gasteiger partial charge is 0.496 e. The Morgan fingerprint density at radius 1 is 1.14 bits per heavy atom. The molecule has 0 bridgehead atoms. The molecule has 0 N–H and O–H groups in total. The van der Waals surface area contributed by atoms with Crippen molar-refractivity contribution >= 4 is 11.8 Å². The van der Waals surface area contributed by atoms with Crippen LogP contribution in [0.4, 0.5) is 0 Å². The fraction of sp³-hybridized carbons (Fsp3) is 0.667. The molecular formula is C24H34N2O3. The van der Waals surface area contributed by atoms with Crippen molar-refractivity contribution in [2.45, 2.75) is 76.8 Å². The number of methoxy groups -OCH3 is 1. The Bertz CT molecular complexity index is 756. The molecule has 158 valence electrons. The number of hydrogen-bond donors (Lipinski definition) is 0. The number of nitrogens with zero attached hydrogens (tertiary/aromatic N) is 2. The van der Waals surface area contributed by atoms with Gasteiger partial charge in [-0.25, -0.2) is 0 Å². The van der Waals surface area contributed by atoms with Gasteiger partial charge in [0, 0.05) is 31.6 Å². The summed E-state index contributed by atoms with van der Waals surface area (Å²) in [6.07, 6.45) is 9.30. The Morgan fingerprint density at radius 2 is 1.93 bits per heavy atom. The van der Waals surface area contributed by atoms with Gasteiger partial charge in [-0.2, -0.15) is 0 Å². The smallest absolute Gasteiger partial charge is 0.228 e. The van der Waals surface area contributed by atoms with E-state index in [1.165, 1.54) is 24.8 Å².